The number of aromatic nitrogens is 5. The fraction of sp³-hybridized carbons (Fsp3) is 0.353. The minimum atomic E-state index is -0.401. The predicted molar refractivity (Wildman–Crippen MR) is 88.9 cm³/mol. The normalized spacial score (nSPS) is 15.2. The summed E-state index contributed by atoms with van der Waals surface area (Å²) in [6.45, 7) is 1.15. The molecule has 1 aromatic carbocycles. The molecule has 3 aromatic rings. The Morgan fingerprint density at radius 1 is 1.27 bits per heavy atom. The van der Waals surface area contributed by atoms with Crippen LogP contribution in [0.5, 0.6) is 0 Å². The molecule has 26 heavy (non-hydrogen) atoms. The maximum atomic E-state index is 13.9. The molecule has 0 N–H and O–H groups in total. The highest BCUT2D eigenvalue weighted by Crippen LogP contribution is 2.20. The van der Waals surface area contributed by atoms with E-state index in [0.717, 1.165) is 0 Å². The van der Waals surface area contributed by atoms with Gasteiger partial charge in [-0.05, 0) is 18.9 Å². The van der Waals surface area contributed by atoms with Gasteiger partial charge in [-0.3, -0.25) is 4.79 Å². The quantitative estimate of drug-likeness (QED) is 0.705. The summed E-state index contributed by atoms with van der Waals surface area (Å²) in [7, 11) is 0. The monoisotopic (exact) mass is 354 g/mol. The van der Waals surface area contributed by atoms with Crippen LogP contribution in [0.3, 0.4) is 0 Å². The fourth-order valence-corrected chi connectivity index (χ4v) is 3.11. The van der Waals surface area contributed by atoms with E-state index in [9.17, 15) is 14.4 Å². The summed E-state index contributed by atoms with van der Waals surface area (Å²) in [6.07, 6.45) is 1.34. The van der Waals surface area contributed by atoms with Crippen molar-refractivity contribution in [2.75, 3.05) is 13.2 Å². The van der Waals surface area contributed by atoms with E-state index in [0.29, 0.717) is 31.6 Å². The minimum Gasteiger partial charge on any atom is -0.381 e. The third kappa shape index (κ3) is 2.74. The lowest BCUT2D eigenvalue weighted by Crippen LogP contribution is -2.32. The molecule has 3 heterocycles. The van der Waals surface area contributed by atoms with Crippen LogP contribution in [0.2, 0.25) is 0 Å². The summed E-state index contributed by atoms with van der Waals surface area (Å²) in [4.78, 5) is 12.8. The third-order valence-electron chi connectivity index (χ3n) is 4.50. The molecule has 4 rings (SSSR count). The van der Waals surface area contributed by atoms with E-state index in [2.05, 4.69) is 15.4 Å². The van der Waals surface area contributed by atoms with Gasteiger partial charge in [-0.1, -0.05) is 23.4 Å². The molecule has 0 amide bonds. The number of rotatable bonds is 3. The van der Waals surface area contributed by atoms with E-state index < -0.39 is 11.4 Å². The lowest BCUT2D eigenvalue weighted by atomic mass is 10.1. The van der Waals surface area contributed by atoms with Gasteiger partial charge in [0.1, 0.15) is 11.9 Å². The molecule has 1 aliphatic heterocycles. The predicted octanol–water partition coefficient (Wildman–Crippen LogP) is 1.40. The van der Waals surface area contributed by atoms with E-state index in [-0.39, 0.29) is 29.3 Å². The minimum absolute atomic E-state index is 0.0304. The summed E-state index contributed by atoms with van der Waals surface area (Å²) < 4.78 is 21.8. The molecule has 9 heteroatoms. The molecule has 2 aromatic heterocycles. The number of nitrogens with zero attached hydrogens (tertiary/aromatic N) is 6. The van der Waals surface area contributed by atoms with Gasteiger partial charge in [-0.25, -0.2) is 13.8 Å². The van der Waals surface area contributed by atoms with E-state index >= 15 is 0 Å². The number of hydrogen-bond donors (Lipinski definition) is 0. The molecule has 8 nitrogen and oxygen atoms in total. The SMILES string of the molecule is N#Cc1c2nnn(C3CCOCC3)c(=O)c2nn1Cc1ccccc1F. The van der Waals surface area contributed by atoms with Gasteiger partial charge in [0.15, 0.2) is 16.7 Å². The van der Waals surface area contributed by atoms with Crippen molar-refractivity contribution in [3.05, 3.63) is 51.7 Å². The fourth-order valence-electron chi connectivity index (χ4n) is 3.11. The van der Waals surface area contributed by atoms with Gasteiger partial charge in [0.2, 0.25) is 0 Å². The second kappa shape index (κ2) is 6.65. The zero-order valence-corrected chi connectivity index (χ0v) is 13.8. The van der Waals surface area contributed by atoms with Crippen molar-refractivity contribution in [2.45, 2.75) is 25.4 Å². The highest BCUT2D eigenvalue weighted by Gasteiger charge is 2.23. The largest absolute Gasteiger partial charge is 0.381 e. The average molecular weight is 354 g/mol. The smallest absolute Gasteiger partial charge is 0.298 e. The molecule has 1 fully saturated rings. The third-order valence-corrected chi connectivity index (χ3v) is 4.50. The standard InChI is InChI=1S/C17H15FN6O2/c18-13-4-2-1-3-11(13)10-23-14(9-19)15-16(21-23)17(25)24(22-20-15)12-5-7-26-8-6-12/h1-4,12H,5-8,10H2. The Bertz CT molecular complexity index is 1060. The summed E-state index contributed by atoms with van der Waals surface area (Å²) in [5.74, 6) is -0.401. The van der Waals surface area contributed by atoms with Gasteiger partial charge >= 0.3 is 0 Å². The van der Waals surface area contributed by atoms with E-state index in [1.165, 1.54) is 15.4 Å². The van der Waals surface area contributed by atoms with Crippen LogP contribution in [-0.4, -0.2) is 38.0 Å². The van der Waals surface area contributed by atoms with Crippen LogP contribution in [0.15, 0.2) is 29.1 Å². The van der Waals surface area contributed by atoms with Crippen LogP contribution in [0, 0.1) is 17.1 Å². The van der Waals surface area contributed by atoms with Gasteiger partial charge in [0, 0.05) is 18.8 Å². The number of nitriles is 1. The zero-order chi connectivity index (χ0) is 18.1. The van der Waals surface area contributed by atoms with Crippen molar-refractivity contribution < 1.29 is 9.13 Å². The number of halogens is 1. The Balaban J connectivity index is 1.80. The first kappa shape index (κ1) is 16.4. The van der Waals surface area contributed by atoms with Crippen LogP contribution in [0.1, 0.15) is 30.1 Å². The van der Waals surface area contributed by atoms with Crippen LogP contribution in [0.4, 0.5) is 4.39 Å². The highest BCUT2D eigenvalue weighted by molar-refractivity contribution is 5.78. The van der Waals surface area contributed by atoms with E-state index in [1.54, 1.807) is 18.2 Å². The first-order valence-electron chi connectivity index (χ1n) is 8.26. The van der Waals surface area contributed by atoms with Gasteiger partial charge in [0.05, 0.1) is 12.6 Å². The maximum Gasteiger partial charge on any atom is 0.298 e. The highest BCUT2D eigenvalue weighted by atomic mass is 19.1. The summed E-state index contributed by atoms with van der Waals surface area (Å²) in [5, 5.41) is 21.7. The Labute approximate surface area is 147 Å². The van der Waals surface area contributed by atoms with Gasteiger partial charge in [-0.2, -0.15) is 10.4 Å². The summed E-state index contributed by atoms with van der Waals surface area (Å²) >= 11 is 0. The maximum absolute atomic E-state index is 13.9. The first-order valence-corrected chi connectivity index (χ1v) is 8.26. The molecule has 1 saturated heterocycles. The molecule has 0 saturated carbocycles. The average Bonchev–Trinajstić information content (AvgIpc) is 3.03. The lowest BCUT2D eigenvalue weighted by molar-refractivity contribution is 0.0641. The van der Waals surface area contributed by atoms with Crippen molar-refractivity contribution in [1.82, 2.24) is 24.8 Å². The molecular formula is C17H15FN6O2. The second-order valence-electron chi connectivity index (χ2n) is 6.09. The van der Waals surface area contributed by atoms with Crippen molar-refractivity contribution in [1.29, 1.82) is 5.26 Å². The molecule has 0 spiro atoms. The topological polar surface area (TPSA) is 98.6 Å². The molecule has 132 valence electrons. The van der Waals surface area contributed by atoms with Crippen LogP contribution in [0.25, 0.3) is 11.0 Å². The summed E-state index contributed by atoms with van der Waals surface area (Å²) in [6, 6.07) is 8.12. The van der Waals surface area contributed by atoms with Gasteiger partial charge < -0.3 is 4.74 Å². The van der Waals surface area contributed by atoms with Crippen LogP contribution in [-0.2, 0) is 11.3 Å². The van der Waals surface area contributed by atoms with Crippen LogP contribution >= 0.6 is 0 Å². The molecule has 0 radical (unpaired) electrons. The Hall–Kier alpha value is -3.12. The molecular weight excluding hydrogens is 339 g/mol. The number of ether oxygens (including phenoxy) is 1. The molecule has 0 aliphatic carbocycles. The van der Waals surface area contributed by atoms with Crippen molar-refractivity contribution in [3.8, 4) is 6.07 Å². The molecule has 0 atom stereocenters. The van der Waals surface area contributed by atoms with E-state index in [4.69, 9.17) is 4.74 Å². The first-order chi connectivity index (χ1) is 12.7. The second-order valence-corrected chi connectivity index (χ2v) is 6.09. The van der Waals surface area contributed by atoms with Crippen molar-refractivity contribution >= 4 is 11.0 Å². The molecule has 0 unspecified atom stereocenters. The van der Waals surface area contributed by atoms with Crippen LogP contribution < -0.4 is 5.56 Å². The Kier molecular flexibility index (Phi) is 4.18. The number of fused-ring (bicyclic) bond motifs is 1. The molecule has 0 bridgehead atoms. The van der Waals surface area contributed by atoms with E-state index in [1.807, 2.05) is 6.07 Å². The van der Waals surface area contributed by atoms with Crippen molar-refractivity contribution in [2.24, 2.45) is 0 Å². The Morgan fingerprint density at radius 2 is 2.04 bits per heavy atom. The number of benzene rings is 1. The van der Waals surface area contributed by atoms with Gasteiger partial charge in [0.25, 0.3) is 5.56 Å². The lowest BCUT2D eigenvalue weighted by Gasteiger charge is -2.21. The summed E-state index contributed by atoms with van der Waals surface area (Å²) in [5.41, 5.74) is 0.267. The van der Waals surface area contributed by atoms with Gasteiger partial charge in [-0.15, -0.1) is 5.10 Å². The number of hydrogen-bond acceptors (Lipinski definition) is 6. The van der Waals surface area contributed by atoms with Crippen molar-refractivity contribution in [3.63, 3.8) is 0 Å². The molecule has 1 aliphatic rings. The Morgan fingerprint density at radius 3 is 2.77 bits per heavy atom. The zero-order valence-electron chi connectivity index (χ0n) is 13.8.